The predicted molar refractivity (Wildman–Crippen MR) is 133 cm³/mol. The third kappa shape index (κ3) is 4.62. The molecule has 0 saturated carbocycles. The summed E-state index contributed by atoms with van der Waals surface area (Å²) in [5.74, 6) is -1.17. The van der Waals surface area contributed by atoms with E-state index in [0.29, 0.717) is 37.1 Å². The molecule has 3 aromatic heterocycles. The molecule has 2 aliphatic rings. The maximum Gasteiger partial charge on any atom is 0.321 e. The maximum atomic E-state index is 13.6. The van der Waals surface area contributed by atoms with Crippen LogP contribution in [-0.2, 0) is 4.79 Å². The number of anilines is 1. The van der Waals surface area contributed by atoms with Crippen molar-refractivity contribution in [1.29, 1.82) is 0 Å². The molecule has 3 N–H and O–H groups in total. The minimum atomic E-state index is -0.793. The lowest BCUT2D eigenvalue weighted by Gasteiger charge is -2.40. The number of carbonyl (C=O) groups is 3. The fourth-order valence-corrected chi connectivity index (χ4v) is 5.23. The highest BCUT2D eigenvalue weighted by atomic mass is 16.4. The van der Waals surface area contributed by atoms with Gasteiger partial charge < -0.3 is 25.3 Å². The SMILES string of the molecule is Cc1ccc2c(NC(=O)N3CCC[C@@H](C(=O)N4CCCCC4c4ccccn4)C3)c(C(N)=O)oc2n1. The number of carbonyl (C=O) groups excluding carboxylic acids is 3. The van der Waals surface area contributed by atoms with E-state index in [1.54, 1.807) is 30.2 Å². The van der Waals surface area contributed by atoms with E-state index in [1.165, 1.54) is 0 Å². The number of hydrogen-bond donors (Lipinski definition) is 2. The third-order valence-corrected chi connectivity index (χ3v) is 7.02. The van der Waals surface area contributed by atoms with Gasteiger partial charge in [0, 0.05) is 31.5 Å². The van der Waals surface area contributed by atoms with Crippen molar-refractivity contribution in [3.8, 4) is 0 Å². The summed E-state index contributed by atoms with van der Waals surface area (Å²) in [7, 11) is 0. The molecular formula is C26H30N6O4. The number of likely N-dealkylation sites (tertiary alicyclic amines) is 2. The number of piperidine rings is 2. The van der Waals surface area contributed by atoms with Gasteiger partial charge in [0.15, 0.2) is 0 Å². The van der Waals surface area contributed by atoms with Gasteiger partial charge in [-0.15, -0.1) is 0 Å². The quantitative estimate of drug-likeness (QED) is 0.573. The zero-order valence-electron chi connectivity index (χ0n) is 20.3. The average molecular weight is 491 g/mol. The maximum absolute atomic E-state index is 13.6. The van der Waals surface area contributed by atoms with Gasteiger partial charge in [-0.2, -0.15) is 0 Å². The number of amides is 4. The number of rotatable bonds is 4. The molecule has 1 unspecified atom stereocenters. The third-order valence-electron chi connectivity index (χ3n) is 7.02. The summed E-state index contributed by atoms with van der Waals surface area (Å²) in [4.78, 5) is 51.2. The highest BCUT2D eigenvalue weighted by Crippen LogP contribution is 2.33. The molecule has 10 nitrogen and oxygen atoms in total. The number of furan rings is 1. The van der Waals surface area contributed by atoms with E-state index in [-0.39, 0.29) is 35.0 Å². The summed E-state index contributed by atoms with van der Waals surface area (Å²) < 4.78 is 5.54. The first kappa shape index (κ1) is 23.8. The number of nitrogens with zero attached hydrogens (tertiary/aromatic N) is 4. The van der Waals surface area contributed by atoms with Crippen LogP contribution in [-0.4, -0.2) is 57.2 Å². The lowest BCUT2D eigenvalue weighted by Crippen LogP contribution is -2.49. The molecule has 0 aromatic carbocycles. The number of fused-ring (bicyclic) bond motifs is 1. The summed E-state index contributed by atoms with van der Waals surface area (Å²) in [6.07, 6.45) is 6.09. The Bertz CT molecular complexity index is 1290. The molecule has 5 heterocycles. The molecule has 2 aliphatic heterocycles. The molecule has 2 saturated heterocycles. The summed E-state index contributed by atoms with van der Waals surface area (Å²) in [5, 5.41) is 3.29. The van der Waals surface area contributed by atoms with E-state index in [1.807, 2.05) is 23.1 Å². The van der Waals surface area contributed by atoms with Crippen LogP contribution < -0.4 is 11.1 Å². The lowest BCUT2D eigenvalue weighted by atomic mass is 9.92. The molecule has 0 aliphatic carbocycles. The highest BCUT2D eigenvalue weighted by Gasteiger charge is 2.36. The van der Waals surface area contributed by atoms with Gasteiger partial charge in [-0.3, -0.25) is 14.6 Å². The molecule has 0 spiro atoms. The van der Waals surface area contributed by atoms with Crippen molar-refractivity contribution in [3.05, 3.63) is 53.7 Å². The second-order valence-electron chi connectivity index (χ2n) is 9.49. The molecule has 188 valence electrons. The molecule has 5 rings (SSSR count). The number of nitrogens with one attached hydrogen (secondary N) is 1. The number of primary amides is 1. The monoisotopic (exact) mass is 490 g/mol. The van der Waals surface area contributed by atoms with Crippen LogP contribution in [0.5, 0.6) is 0 Å². The van der Waals surface area contributed by atoms with Crippen LogP contribution in [0.1, 0.15) is 60.1 Å². The van der Waals surface area contributed by atoms with Gasteiger partial charge in [0.25, 0.3) is 5.91 Å². The predicted octanol–water partition coefficient (Wildman–Crippen LogP) is 3.63. The number of nitrogens with two attached hydrogens (primary N) is 1. The molecule has 10 heteroatoms. The largest absolute Gasteiger partial charge is 0.430 e. The molecule has 2 fully saturated rings. The fraction of sp³-hybridized carbons (Fsp3) is 0.423. The van der Waals surface area contributed by atoms with E-state index in [0.717, 1.165) is 31.4 Å². The Hall–Kier alpha value is -3.95. The van der Waals surface area contributed by atoms with Crippen molar-refractivity contribution < 1.29 is 18.8 Å². The molecule has 4 amide bonds. The van der Waals surface area contributed by atoms with Gasteiger partial charge >= 0.3 is 6.03 Å². The van der Waals surface area contributed by atoms with Gasteiger partial charge in [0.1, 0.15) is 5.69 Å². The lowest BCUT2D eigenvalue weighted by molar-refractivity contribution is -0.141. The first-order valence-corrected chi connectivity index (χ1v) is 12.4. The normalized spacial score (nSPS) is 20.4. The van der Waals surface area contributed by atoms with E-state index >= 15 is 0 Å². The first-order valence-electron chi connectivity index (χ1n) is 12.4. The smallest absolute Gasteiger partial charge is 0.321 e. The van der Waals surface area contributed by atoms with Crippen LogP contribution in [0.25, 0.3) is 11.1 Å². The Morgan fingerprint density at radius 2 is 1.94 bits per heavy atom. The number of urea groups is 1. The zero-order valence-corrected chi connectivity index (χ0v) is 20.3. The molecule has 0 radical (unpaired) electrons. The minimum absolute atomic E-state index is 0.0389. The molecule has 36 heavy (non-hydrogen) atoms. The van der Waals surface area contributed by atoms with Crippen LogP contribution >= 0.6 is 0 Å². The van der Waals surface area contributed by atoms with Gasteiger partial charge in [0.05, 0.1) is 23.0 Å². The number of pyridine rings is 2. The Morgan fingerprint density at radius 3 is 2.72 bits per heavy atom. The second-order valence-corrected chi connectivity index (χ2v) is 9.49. The first-order chi connectivity index (χ1) is 17.4. The van der Waals surface area contributed by atoms with Crippen molar-refractivity contribution in [2.75, 3.05) is 25.0 Å². The van der Waals surface area contributed by atoms with Crippen molar-refractivity contribution in [2.24, 2.45) is 11.7 Å². The summed E-state index contributed by atoms with van der Waals surface area (Å²) >= 11 is 0. The van der Waals surface area contributed by atoms with E-state index in [2.05, 4.69) is 15.3 Å². The number of aromatic nitrogens is 2. The summed E-state index contributed by atoms with van der Waals surface area (Å²) in [6.45, 7) is 3.31. The number of aryl methyl sites for hydroxylation is 1. The molecule has 0 bridgehead atoms. The van der Waals surface area contributed by atoms with E-state index in [4.69, 9.17) is 10.2 Å². The van der Waals surface area contributed by atoms with Gasteiger partial charge in [-0.05, 0) is 63.3 Å². The molecule has 2 atom stereocenters. The average Bonchev–Trinajstić information content (AvgIpc) is 3.26. The Labute approximate surface area is 208 Å². The van der Waals surface area contributed by atoms with Crippen molar-refractivity contribution in [1.82, 2.24) is 19.8 Å². The number of hydrogen-bond acceptors (Lipinski definition) is 6. The van der Waals surface area contributed by atoms with Gasteiger partial charge in [-0.1, -0.05) is 6.07 Å². The standard InChI is InChI=1S/C26H30N6O4/c1-16-10-11-18-21(22(23(27)33)36-24(18)29-16)30-26(35)31-13-6-7-17(15-31)25(34)32-14-5-3-9-20(32)19-8-2-4-12-28-19/h2,4,8,10-12,17,20H,3,5-7,9,13-15H2,1H3,(H2,27,33)(H,30,35)/t17-,20?/m1/s1. The minimum Gasteiger partial charge on any atom is -0.430 e. The van der Waals surface area contributed by atoms with Gasteiger partial charge in [0.2, 0.25) is 17.4 Å². The van der Waals surface area contributed by atoms with Crippen LogP contribution in [0.3, 0.4) is 0 Å². The second kappa shape index (κ2) is 9.96. The topological polar surface area (TPSA) is 135 Å². The van der Waals surface area contributed by atoms with Crippen LogP contribution in [0.2, 0.25) is 0 Å². The van der Waals surface area contributed by atoms with Crippen LogP contribution in [0.4, 0.5) is 10.5 Å². The Kier molecular flexibility index (Phi) is 6.58. The van der Waals surface area contributed by atoms with Crippen molar-refractivity contribution in [2.45, 2.75) is 45.1 Å². The Balaban J connectivity index is 1.32. The highest BCUT2D eigenvalue weighted by molar-refractivity contribution is 6.09. The Morgan fingerprint density at radius 1 is 1.08 bits per heavy atom. The van der Waals surface area contributed by atoms with E-state index in [9.17, 15) is 14.4 Å². The van der Waals surface area contributed by atoms with Crippen LogP contribution in [0, 0.1) is 12.8 Å². The van der Waals surface area contributed by atoms with Gasteiger partial charge in [-0.25, -0.2) is 9.78 Å². The summed E-state index contributed by atoms with van der Waals surface area (Å²) in [5.41, 5.74) is 7.55. The molecular weight excluding hydrogens is 460 g/mol. The molecule has 3 aromatic rings. The van der Waals surface area contributed by atoms with E-state index < -0.39 is 11.9 Å². The zero-order chi connectivity index (χ0) is 25.2. The fourth-order valence-electron chi connectivity index (χ4n) is 5.23. The summed E-state index contributed by atoms with van der Waals surface area (Å²) in [6, 6.07) is 8.85. The van der Waals surface area contributed by atoms with Crippen molar-refractivity contribution >= 4 is 34.6 Å². The van der Waals surface area contributed by atoms with Crippen molar-refractivity contribution in [3.63, 3.8) is 0 Å². The van der Waals surface area contributed by atoms with Crippen LogP contribution in [0.15, 0.2) is 40.9 Å².